The molecule has 0 amide bonds. The van der Waals surface area contributed by atoms with Crippen molar-refractivity contribution < 1.29 is 22.0 Å². The number of hydrogen-bond donors (Lipinski definition) is 1. The molecule has 0 spiro atoms. The highest BCUT2D eigenvalue weighted by molar-refractivity contribution is 7.79. The van der Waals surface area contributed by atoms with Crippen LogP contribution in [0.25, 0.3) is 0 Å². The summed E-state index contributed by atoms with van der Waals surface area (Å²) in [5.41, 5.74) is 0. The van der Waals surface area contributed by atoms with E-state index >= 15 is 0 Å². The molecule has 0 rings (SSSR count). The Labute approximate surface area is 182 Å². The van der Waals surface area contributed by atoms with Crippen molar-refractivity contribution in [3.05, 3.63) is 0 Å². The molecule has 1 N–H and O–H groups in total. The maximum absolute atomic E-state index is 8.63. The molecule has 0 aromatic heterocycles. The first-order valence-corrected chi connectivity index (χ1v) is 13.5. The van der Waals surface area contributed by atoms with Crippen LogP contribution < -0.4 is 0 Å². The summed E-state index contributed by atoms with van der Waals surface area (Å²) in [7, 11) is -0.0460. The van der Waals surface area contributed by atoms with Crippen molar-refractivity contribution in [1.29, 1.82) is 0 Å². The molecule has 0 fully saturated rings. The molecule has 0 aliphatic heterocycles. The van der Waals surface area contributed by atoms with E-state index in [2.05, 4.69) is 27.9 Å². The van der Waals surface area contributed by atoms with Crippen molar-refractivity contribution in [1.82, 2.24) is 0 Å². The Bertz CT molecular complexity index is 417. The number of nitrogens with zero attached hydrogens (tertiary/aromatic N) is 1. The van der Waals surface area contributed by atoms with Crippen LogP contribution in [0, 0.1) is 0 Å². The molecule has 0 aromatic rings. The summed E-state index contributed by atoms with van der Waals surface area (Å²) >= 11 is 0. The number of unbranched alkanes of at least 4 members (excludes halogenated alkanes) is 15. The maximum atomic E-state index is 8.63. The normalized spacial score (nSPS) is 11.9. The molecule has 0 bridgehead atoms. The Kier molecular flexibility index (Phi) is 22.5. The van der Waals surface area contributed by atoms with Gasteiger partial charge in [0.1, 0.15) is 0 Å². The zero-order valence-electron chi connectivity index (χ0n) is 20.0. The van der Waals surface area contributed by atoms with Crippen LogP contribution in [0.5, 0.6) is 0 Å². The third kappa shape index (κ3) is 35.6. The predicted octanol–water partition coefficient (Wildman–Crippen LogP) is 6.74. The van der Waals surface area contributed by atoms with E-state index in [4.69, 9.17) is 17.5 Å². The van der Waals surface area contributed by atoms with Crippen LogP contribution in [0.2, 0.25) is 0 Å². The van der Waals surface area contributed by atoms with E-state index < -0.39 is 10.4 Å². The van der Waals surface area contributed by atoms with Crippen molar-refractivity contribution in [2.45, 2.75) is 123 Å². The largest absolute Gasteiger partial charge is 0.726 e. The fraction of sp³-hybridized carbons (Fsp3) is 1.00. The number of rotatable bonds is 19. The van der Waals surface area contributed by atoms with E-state index in [9.17, 15) is 0 Å². The van der Waals surface area contributed by atoms with E-state index in [0.29, 0.717) is 0 Å². The second-order valence-electron chi connectivity index (χ2n) is 9.11. The molecular formula is C23H51NO4S. The maximum Gasteiger partial charge on any atom is 0.215 e. The molecule has 0 aromatic carbocycles. The monoisotopic (exact) mass is 437 g/mol. The lowest BCUT2D eigenvalue weighted by molar-refractivity contribution is -0.890. The fourth-order valence-electron chi connectivity index (χ4n) is 3.64. The standard InChI is InChI=1S/C23H50N.H2O4S/c1-5-7-9-11-13-14-15-17-19-21-23-24(3,4)22-20-18-16-12-10-8-6-2;1-5(2,3)4/h5-23H2,1-4H3;(H2,1,2,3,4)/q+1;/p-1. The molecule has 0 saturated heterocycles. The minimum Gasteiger partial charge on any atom is -0.726 e. The molecule has 6 heteroatoms. The van der Waals surface area contributed by atoms with Gasteiger partial charge in [-0.1, -0.05) is 97.3 Å². The predicted molar refractivity (Wildman–Crippen MR) is 124 cm³/mol. The third-order valence-electron chi connectivity index (χ3n) is 5.48. The van der Waals surface area contributed by atoms with Gasteiger partial charge in [-0.3, -0.25) is 4.55 Å². The number of quaternary nitrogens is 1. The van der Waals surface area contributed by atoms with E-state index in [1.165, 1.54) is 127 Å². The van der Waals surface area contributed by atoms with Gasteiger partial charge in [-0.2, -0.15) is 0 Å². The van der Waals surface area contributed by atoms with Crippen molar-refractivity contribution in [2.75, 3.05) is 27.2 Å². The molecular weight excluding hydrogens is 386 g/mol. The zero-order chi connectivity index (χ0) is 22.4. The van der Waals surface area contributed by atoms with Crippen LogP contribution in [0.4, 0.5) is 0 Å². The average Bonchev–Trinajstić information content (AvgIpc) is 2.61. The summed E-state index contributed by atoms with van der Waals surface area (Å²) in [6.07, 6.45) is 24.5. The molecule has 0 radical (unpaired) electrons. The Morgan fingerprint density at radius 2 is 0.793 bits per heavy atom. The van der Waals surface area contributed by atoms with Gasteiger partial charge in [0.05, 0.1) is 27.2 Å². The molecule has 5 nitrogen and oxygen atoms in total. The minimum atomic E-state index is -4.92. The van der Waals surface area contributed by atoms with Gasteiger partial charge in [0.2, 0.25) is 10.4 Å². The molecule has 178 valence electrons. The summed E-state index contributed by atoms with van der Waals surface area (Å²) in [4.78, 5) is 0. The molecule has 0 unspecified atom stereocenters. The lowest BCUT2D eigenvalue weighted by atomic mass is 10.1. The lowest BCUT2D eigenvalue weighted by Gasteiger charge is -2.30. The Balaban J connectivity index is 0. The number of hydrogen-bond acceptors (Lipinski definition) is 3. The van der Waals surface area contributed by atoms with Crippen molar-refractivity contribution in [2.24, 2.45) is 0 Å². The van der Waals surface area contributed by atoms with Crippen LogP contribution >= 0.6 is 0 Å². The van der Waals surface area contributed by atoms with E-state index in [-0.39, 0.29) is 0 Å². The summed E-state index contributed by atoms with van der Waals surface area (Å²) in [6.45, 7) is 7.36. The molecule has 0 saturated carbocycles. The van der Waals surface area contributed by atoms with Crippen molar-refractivity contribution in [3.63, 3.8) is 0 Å². The summed E-state index contributed by atoms with van der Waals surface area (Å²) in [5, 5.41) is 0. The van der Waals surface area contributed by atoms with Gasteiger partial charge < -0.3 is 9.04 Å². The Hall–Kier alpha value is -0.170. The second kappa shape index (κ2) is 21.1. The van der Waals surface area contributed by atoms with Crippen LogP contribution in [-0.4, -0.2) is 49.2 Å². The zero-order valence-corrected chi connectivity index (χ0v) is 20.8. The van der Waals surface area contributed by atoms with Crippen LogP contribution in [0.1, 0.15) is 123 Å². The summed E-state index contributed by atoms with van der Waals surface area (Å²) in [6, 6.07) is 0. The van der Waals surface area contributed by atoms with Gasteiger partial charge in [-0.25, -0.2) is 8.42 Å². The van der Waals surface area contributed by atoms with Crippen LogP contribution in [0.15, 0.2) is 0 Å². The van der Waals surface area contributed by atoms with Gasteiger partial charge >= 0.3 is 0 Å². The molecule has 0 atom stereocenters. The molecule has 0 aliphatic carbocycles. The summed E-state index contributed by atoms with van der Waals surface area (Å²) in [5.74, 6) is 0. The van der Waals surface area contributed by atoms with Gasteiger partial charge in [0, 0.05) is 0 Å². The topological polar surface area (TPSA) is 77.4 Å². The van der Waals surface area contributed by atoms with Crippen LogP contribution in [-0.2, 0) is 10.4 Å². The average molecular weight is 438 g/mol. The van der Waals surface area contributed by atoms with Gasteiger partial charge in [-0.05, 0) is 25.7 Å². The van der Waals surface area contributed by atoms with Gasteiger partial charge in [0.15, 0.2) is 0 Å². The lowest BCUT2D eigenvalue weighted by Crippen LogP contribution is -2.41. The first kappa shape index (κ1) is 31.0. The van der Waals surface area contributed by atoms with Crippen LogP contribution in [0.3, 0.4) is 0 Å². The smallest absolute Gasteiger partial charge is 0.215 e. The van der Waals surface area contributed by atoms with E-state index in [1.807, 2.05) is 0 Å². The van der Waals surface area contributed by atoms with Gasteiger partial charge in [0.25, 0.3) is 0 Å². The van der Waals surface area contributed by atoms with Gasteiger partial charge in [-0.15, -0.1) is 0 Å². The summed E-state index contributed by atoms with van der Waals surface area (Å²) < 4.78 is 34.1. The molecule has 0 aliphatic rings. The minimum absolute atomic E-state index is 1.24. The first-order valence-electron chi connectivity index (χ1n) is 12.1. The van der Waals surface area contributed by atoms with Crippen molar-refractivity contribution >= 4 is 10.4 Å². The highest BCUT2D eigenvalue weighted by atomic mass is 32.3. The fourth-order valence-corrected chi connectivity index (χ4v) is 3.64. The van der Waals surface area contributed by atoms with E-state index in [0.717, 1.165) is 0 Å². The Morgan fingerprint density at radius 3 is 1.03 bits per heavy atom. The molecule has 29 heavy (non-hydrogen) atoms. The third-order valence-corrected chi connectivity index (χ3v) is 5.48. The van der Waals surface area contributed by atoms with E-state index in [1.54, 1.807) is 0 Å². The van der Waals surface area contributed by atoms with Crippen molar-refractivity contribution in [3.8, 4) is 0 Å². The highest BCUT2D eigenvalue weighted by Crippen LogP contribution is 2.13. The Morgan fingerprint density at radius 1 is 0.586 bits per heavy atom. The molecule has 0 heterocycles. The highest BCUT2D eigenvalue weighted by Gasteiger charge is 2.13. The second-order valence-corrected chi connectivity index (χ2v) is 9.97. The first-order chi connectivity index (χ1) is 13.6. The SMILES string of the molecule is CCCCCCCCCCCC[N+](C)(C)CCCCCCCCC.O=S(=O)([O-])O. The quantitative estimate of drug-likeness (QED) is 0.105.